The molecular weight excluding hydrogens is 324 g/mol. The lowest BCUT2D eigenvalue weighted by Crippen LogP contribution is -2.33. The summed E-state index contributed by atoms with van der Waals surface area (Å²) >= 11 is 0. The number of benzene rings is 1. The summed E-state index contributed by atoms with van der Waals surface area (Å²) in [4.78, 5) is 22.9. The highest BCUT2D eigenvalue weighted by Gasteiger charge is 2.31. The molecular formula is C15H20O7S. The zero-order valence-electron chi connectivity index (χ0n) is 12.8. The molecule has 0 aliphatic heterocycles. The SMILES string of the molecule is CCCCCCC(Oc1ccccc1C(=O)O)C(=O)S(=O)(=O)O. The second-order valence-corrected chi connectivity index (χ2v) is 6.40. The predicted octanol–water partition coefficient (Wildman–Crippen LogP) is 2.52. The summed E-state index contributed by atoms with van der Waals surface area (Å²) in [7, 11) is -4.91. The minimum atomic E-state index is -4.91. The quantitative estimate of drug-likeness (QED) is 0.522. The van der Waals surface area contributed by atoms with Crippen LogP contribution in [0.25, 0.3) is 0 Å². The van der Waals surface area contributed by atoms with Gasteiger partial charge in [0, 0.05) is 0 Å². The Morgan fingerprint density at radius 1 is 1.17 bits per heavy atom. The van der Waals surface area contributed by atoms with Crippen LogP contribution in [-0.2, 0) is 14.9 Å². The third-order valence-electron chi connectivity index (χ3n) is 3.22. The van der Waals surface area contributed by atoms with E-state index in [9.17, 15) is 18.0 Å². The normalized spacial score (nSPS) is 12.6. The molecule has 0 radical (unpaired) electrons. The summed E-state index contributed by atoms with van der Waals surface area (Å²) in [6.45, 7) is 2.00. The van der Waals surface area contributed by atoms with Crippen LogP contribution in [0.1, 0.15) is 49.4 Å². The van der Waals surface area contributed by atoms with Crippen molar-refractivity contribution in [3.05, 3.63) is 29.8 Å². The van der Waals surface area contributed by atoms with Gasteiger partial charge >= 0.3 is 21.2 Å². The molecule has 7 nitrogen and oxygen atoms in total. The molecule has 2 N–H and O–H groups in total. The number of carboxylic acids is 1. The third kappa shape index (κ3) is 5.99. The van der Waals surface area contributed by atoms with Crippen molar-refractivity contribution in [2.45, 2.75) is 45.1 Å². The first-order valence-electron chi connectivity index (χ1n) is 7.27. The van der Waals surface area contributed by atoms with Gasteiger partial charge in [0.2, 0.25) is 0 Å². The molecule has 0 saturated carbocycles. The van der Waals surface area contributed by atoms with Gasteiger partial charge in [0.25, 0.3) is 0 Å². The van der Waals surface area contributed by atoms with E-state index in [1.807, 2.05) is 6.92 Å². The minimum Gasteiger partial charge on any atom is -0.480 e. The number of carbonyl (C=O) groups is 2. The fraction of sp³-hybridized carbons (Fsp3) is 0.467. The van der Waals surface area contributed by atoms with Crippen LogP contribution in [-0.4, -0.2) is 35.3 Å². The van der Waals surface area contributed by atoms with Crippen molar-refractivity contribution >= 4 is 21.2 Å². The van der Waals surface area contributed by atoms with Crippen molar-refractivity contribution in [1.29, 1.82) is 0 Å². The van der Waals surface area contributed by atoms with Crippen molar-refractivity contribution in [3.63, 3.8) is 0 Å². The van der Waals surface area contributed by atoms with E-state index in [1.54, 1.807) is 0 Å². The van der Waals surface area contributed by atoms with E-state index in [0.29, 0.717) is 6.42 Å². The van der Waals surface area contributed by atoms with Crippen molar-refractivity contribution in [3.8, 4) is 5.75 Å². The maximum absolute atomic E-state index is 11.8. The van der Waals surface area contributed by atoms with Gasteiger partial charge < -0.3 is 9.84 Å². The summed E-state index contributed by atoms with van der Waals surface area (Å²) in [6.07, 6.45) is 1.80. The molecule has 1 atom stereocenters. The van der Waals surface area contributed by atoms with Gasteiger partial charge in [0.1, 0.15) is 11.3 Å². The Labute approximate surface area is 135 Å². The molecule has 1 aromatic rings. The zero-order valence-corrected chi connectivity index (χ0v) is 13.6. The standard InChI is InChI=1S/C15H20O7S/c1-2-3-4-5-10-13(15(18)23(19,20)21)22-12-9-7-6-8-11(12)14(16)17/h6-9,13H,2-5,10H2,1H3,(H,16,17)(H,19,20,21). The van der Waals surface area contributed by atoms with Crippen molar-refractivity contribution in [2.24, 2.45) is 0 Å². The van der Waals surface area contributed by atoms with Crippen LogP contribution in [0.4, 0.5) is 0 Å². The van der Waals surface area contributed by atoms with E-state index in [-0.39, 0.29) is 17.7 Å². The Balaban J connectivity index is 2.97. The minimum absolute atomic E-state index is 0.0760. The highest BCUT2D eigenvalue weighted by molar-refractivity contribution is 8.01. The van der Waals surface area contributed by atoms with Crippen molar-refractivity contribution < 1.29 is 32.4 Å². The first kappa shape index (κ1) is 19.1. The summed E-state index contributed by atoms with van der Waals surface area (Å²) in [5.41, 5.74) is -0.186. The number of carbonyl (C=O) groups excluding carboxylic acids is 1. The highest BCUT2D eigenvalue weighted by atomic mass is 32.2. The molecule has 0 aromatic heterocycles. The Bertz CT molecular complexity index is 652. The molecule has 0 aliphatic rings. The summed E-state index contributed by atoms with van der Waals surface area (Å²) < 4.78 is 36.4. The smallest absolute Gasteiger partial charge is 0.339 e. The van der Waals surface area contributed by atoms with Gasteiger partial charge in [-0.2, -0.15) is 8.42 Å². The molecule has 0 amide bonds. The molecule has 8 heteroatoms. The number of carboxylic acid groups (broad SMARTS) is 1. The van der Waals surface area contributed by atoms with Gasteiger partial charge in [0.15, 0.2) is 6.10 Å². The van der Waals surface area contributed by atoms with Crippen LogP contribution in [0.5, 0.6) is 5.75 Å². The van der Waals surface area contributed by atoms with Crippen molar-refractivity contribution in [2.75, 3.05) is 0 Å². The Kier molecular flexibility index (Phi) is 7.18. The Hall–Kier alpha value is -1.93. The Morgan fingerprint density at radius 2 is 1.83 bits per heavy atom. The summed E-state index contributed by atoms with van der Waals surface area (Å²) in [6, 6.07) is 5.61. The van der Waals surface area contributed by atoms with E-state index < -0.39 is 27.3 Å². The number of ether oxygens (including phenoxy) is 1. The second-order valence-electron chi connectivity index (χ2n) is 5.05. The van der Waals surface area contributed by atoms with Gasteiger partial charge in [-0.25, -0.2) is 4.79 Å². The zero-order chi connectivity index (χ0) is 17.5. The van der Waals surface area contributed by atoms with Crippen LogP contribution in [0.2, 0.25) is 0 Å². The maximum Gasteiger partial charge on any atom is 0.339 e. The lowest BCUT2D eigenvalue weighted by molar-refractivity contribution is -0.118. The number of hydrogen-bond donors (Lipinski definition) is 2. The first-order valence-corrected chi connectivity index (χ1v) is 8.71. The van der Waals surface area contributed by atoms with Gasteiger partial charge in [-0.15, -0.1) is 0 Å². The molecule has 0 spiro atoms. The summed E-state index contributed by atoms with van der Waals surface area (Å²) in [5, 5.41) is 7.63. The highest BCUT2D eigenvalue weighted by Crippen LogP contribution is 2.22. The van der Waals surface area contributed by atoms with E-state index in [0.717, 1.165) is 19.3 Å². The number of hydrogen-bond acceptors (Lipinski definition) is 5. The van der Waals surface area contributed by atoms with Crippen LogP contribution in [0.15, 0.2) is 24.3 Å². The predicted molar refractivity (Wildman–Crippen MR) is 83.1 cm³/mol. The fourth-order valence-electron chi connectivity index (χ4n) is 2.05. The number of rotatable bonds is 9. The molecule has 128 valence electrons. The fourth-order valence-corrected chi connectivity index (χ4v) is 2.55. The molecule has 0 bridgehead atoms. The maximum atomic E-state index is 11.8. The number of para-hydroxylation sites is 1. The topological polar surface area (TPSA) is 118 Å². The third-order valence-corrected chi connectivity index (χ3v) is 4.00. The number of aromatic carboxylic acids is 1. The van der Waals surface area contributed by atoms with Crippen LogP contribution < -0.4 is 4.74 Å². The average Bonchev–Trinajstić information content (AvgIpc) is 2.49. The molecule has 0 fully saturated rings. The van der Waals surface area contributed by atoms with Crippen LogP contribution in [0, 0.1) is 0 Å². The lowest BCUT2D eigenvalue weighted by atomic mass is 10.1. The van der Waals surface area contributed by atoms with Gasteiger partial charge in [0.05, 0.1) is 0 Å². The largest absolute Gasteiger partial charge is 0.480 e. The van der Waals surface area contributed by atoms with Crippen molar-refractivity contribution in [1.82, 2.24) is 0 Å². The van der Waals surface area contributed by atoms with Gasteiger partial charge in [-0.3, -0.25) is 9.35 Å². The molecule has 1 unspecified atom stereocenters. The van der Waals surface area contributed by atoms with E-state index in [2.05, 4.69) is 0 Å². The molecule has 1 aromatic carbocycles. The number of unbranched alkanes of at least 4 members (excludes halogenated alkanes) is 3. The van der Waals surface area contributed by atoms with E-state index in [1.165, 1.54) is 24.3 Å². The monoisotopic (exact) mass is 344 g/mol. The molecule has 0 aliphatic carbocycles. The molecule has 0 saturated heterocycles. The lowest BCUT2D eigenvalue weighted by Gasteiger charge is -2.17. The first-order chi connectivity index (χ1) is 10.8. The van der Waals surface area contributed by atoms with Gasteiger partial charge in [-0.1, -0.05) is 38.3 Å². The second kappa shape index (κ2) is 8.64. The van der Waals surface area contributed by atoms with Gasteiger partial charge in [-0.05, 0) is 25.0 Å². The van der Waals surface area contributed by atoms with Crippen LogP contribution in [0.3, 0.4) is 0 Å². The molecule has 1 rings (SSSR count). The van der Waals surface area contributed by atoms with E-state index in [4.69, 9.17) is 14.4 Å². The summed E-state index contributed by atoms with van der Waals surface area (Å²) in [5.74, 6) is -1.37. The molecule has 23 heavy (non-hydrogen) atoms. The Morgan fingerprint density at radius 3 is 2.39 bits per heavy atom. The molecule has 0 heterocycles. The van der Waals surface area contributed by atoms with Crippen LogP contribution >= 0.6 is 0 Å². The average molecular weight is 344 g/mol. The van der Waals surface area contributed by atoms with E-state index >= 15 is 0 Å².